The van der Waals surface area contributed by atoms with Gasteiger partial charge in [-0.2, -0.15) is 0 Å². The molecule has 1 heterocycles. The predicted molar refractivity (Wildman–Crippen MR) is 68.3 cm³/mol. The van der Waals surface area contributed by atoms with Gasteiger partial charge in [-0.3, -0.25) is 0 Å². The molecule has 3 heteroatoms. The molecule has 0 radical (unpaired) electrons. The lowest BCUT2D eigenvalue weighted by atomic mass is 10.2. The van der Waals surface area contributed by atoms with Crippen LogP contribution in [0.2, 0.25) is 0 Å². The van der Waals surface area contributed by atoms with Gasteiger partial charge in [0.1, 0.15) is 0 Å². The Labute approximate surface area is 101 Å². The van der Waals surface area contributed by atoms with E-state index in [1.807, 2.05) is 0 Å². The minimum Gasteiger partial charge on any atom is -0.394 e. The largest absolute Gasteiger partial charge is 0.394 e. The van der Waals surface area contributed by atoms with E-state index in [4.69, 9.17) is 5.11 Å². The quantitative estimate of drug-likeness (QED) is 0.597. The van der Waals surface area contributed by atoms with Gasteiger partial charge in [0.05, 0.1) is 13.2 Å². The van der Waals surface area contributed by atoms with Crippen LogP contribution in [-0.4, -0.2) is 24.4 Å². The highest BCUT2D eigenvalue weighted by Gasteiger charge is 1.95. The summed E-state index contributed by atoms with van der Waals surface area (Å²) in [4.78, 5) is 9.14. The molecular formula is C13H30O3. The summed E-state index contributed by atoms with van der Waals surface area (Å²) in [7, 11) is 0. The molecule has 0 aromatic rings. The molecular weight excluding hydrogens is 204 g/mol. The lowest BCUT2D eigenvalue weighted by molar-refractivity contribution is -0.312. The predicted octanol–water partition coefficient (Wildman–Crippen LogP) is 3.70. The fraction of sp³-hybridized carbons (Fsp3) is 1.00. The van der Waals surface area contributed by atoms with E-state index < -0.39 is 0 Å². The van der Waals surface area contributed by atoms with E-state index in [-0.39, 0.29) is 6.10 Å². The Bertz CT molecular complexity index is 83.1. The topological polar surface area (TPSA) is 38.7 Å². The van der Waals surface area contributed by atoms with Gasteiger partial charge in [-0.25, -0.2) is 9.78 Å². The van der Waals surface area contributed by atoms with Crippen molar-refractivity contribution in [3.05, 3.63) is 0 Å². The molecule has 1 saturated heterocycles. The van der Waals surface area contributed by atoms with Gasteiger partial charge < -0.3 is 5.11 Å². The van der Waals surface area contributed by atoms with Crippen molar-refractivity contribution < 1.29 is 14.9 Å². The molecule has 0 aromatic heterocycles. The van der Waals surface area contributed by atoms with Crippen molar-refractivity contribution in [2.75, 3.05) is 13.2 Å². The maximum absolute atomic E-state index is 8.06. The Morgan fingerprint density at radius 1 is 0.938 bits per heavy atom. The van der Waals surface area contributed by atoms with Crippen LogP contribution in [0.4, 0.5) is 0 Å². The summed E-state index contributed by atoms with van der Waals surface area (Å²) in [5.41, 5.74) is 0. The molecule has 0 aromatic carbocycles. The molecule has 1 rings (SSSR count). The number of hydrogen-bond acceptors (Lipinski definition) is 3. The van der Waals surface area contributed by atoms with E-state index in [2.05, 4.69) is 23.6 Å². The molecule has 0 bridgehead atoms. The number of hydrogen-bond donors (Lipinski definition) is 1. The number of aliphatic hydroxyl groups excluding tert-OH is 1. The third-order valence-electron chi connectivity index (χ3n) is 1.75. The Hall–Kier alpha value is -0.120. The van der Waals surface area contributed by atoms with Gasteiger partial charge in [0.2, 0.25) is 0 Å². The first-order valence-corrected chi connectivity index (χ1v) is 6.57. The molecule has 3 nitrogen and oxygen atoms in total. The highest BCUT2D eigenvalue weighted by Crippen LogP contribution is 1.97. The first-order chi connectivity index (χ1) is 7.65. The summed E-state index contributed by atoms with van der Waals surface area (Å²) in [6.07, 6.45) is 7.68. The zero-order chi connectivity index (χ0) is 12.6. The molecule has 0 unspecified atom stereocenters. The minimum atomic E-state index is -0.167. The van der Waals surface area contributed by atoms with E-state index in [0.717, 1.165) is 26.1 Å². The van der Waals surface area contributed by atoms with Gasteiger partial charge in [0.25, 0.3) is 0 Å². The van der Waals surface area contributed by atoms with Gasteiger partial charge in [-0.05, 0) is 26.7 Å². The van der Waals surface area contributed by atoms with Crippen LogP contribution in [0, 0.1) is 0 Å². The van der Waals surface area contributed by atoms with Crippen LogP contribution in [0.25, 0.3) is 0 Å². The van der Waals surface area contributed by atoms with Gasteiger partial charge in [-0.15, -0.1) is 0 Å². The normalized spacial score (nSPS) is 14.6. The van der Waals surface area contributed by atoms with Crippen LogP contribution < -0.4 is 0 Å². The molecule has 0 saturated carbocycles. The standard InChI is InChI=1S/C6H14.C4H8O2.C3H8O/c1-3-5-6-4-2;1-2-4-6-5-3-1;1-3(2)4/h3-6H2,1-2H3;1-4H2;3-4H,1-2H3. The summed E-state index contributed by atoms with van der Waals surface area (Å²) in [5, 5.41) is 8.06. The summed E-state index contributed by atoms with van der Waals surface area (Å²) in [5.74, 6) is 0. The van der Waals surface area contributed by atoms with Crippen LogP contribution in [0.5, 0.6) is 0 Å². The first-order valence-electron chi connectivity index (χ1n) is 6.57. The SMILES string of the molecule is C1CCOOC1.CC(C)O.CCCCCC. The smallest absolute Gasteiger partial charge is 0.0823 e. The van der Waals surface area contributed by atoms with Gasteiger partial charge in [0.15, 0.2) is 0 Å². The van der Waals surface area contributed by atoms with Crippen molar-refractivity contribution in [1.29, 1.82) is 0 Å². The maximum atomic E-state index is 8.06. The molecule has 0 atom stereocenters. The van der Waals surface area contributed by atoms with Gasteiger partial charge >= 0.3 is 0 Å². The van der Waals surface area contributed by atoms with Crippen LogP contribution >= 0.6 is 0 Å². The molecule has 1 fully saturated rings. The highest BCUT2D eigenvalue weighted by atomic mass is 17.2. The molecule has 0 amide bonds. The van der Waals surface area contributed by atoms with Crippen molar-refractivity contribution in [3.63, 3.8) is 0 Å². The average molecular weight is 234 g/mol. The van der Waals surface area contributed by atoms with Crippen LogP contribution in [-0.2, 0) is 9.78 Å². The van der Waals surface area contributed by atoms with Crippen LogP contribution in [0.15, 0.2) is 0 Å². The summed E-state index contributed by atoms with van der Waals surface area (Å²) >= 11 is 0. The van der Waals surface area contributed by atoms with Crippen molar-refractivity contribution >= 4 is 0 Å². The second kappa shape index (κ2) is 17.3. The zero-order valence-electron chi connectivity index (χ0n) is 11.5. The summed E-state index contributed by atoms with van der Waals surface area (Å²) in [6, 6.07) is 0. The van der Waals surface area contributed by atoms with E-state index in [1.165, 1.54) is 25.7 Å². The molecule has 100 valence electrons. The second-order valence-corrected chi connectivity index (χ2v) is 4.15. The maximum Gasteiger partial charge on any atom is 0.0823 e. The Balaban J connectivity index is 0. The van der Waals surface area contributed by atoms with E-state index in [0.29, 0.717) is 0 Å². The van der Waals surface area contributed by atoms with E-state index in [9.17, 15) is 0 Å². The molecule has 1 N–H and O–H groups in total. The van der Waals surface area contributed by atoms with Crippen molar-refractivity contribution in [3.8, 4) is 0 Å². The van der Waals surface area contributed by atoms with Gasteiger partial charge in [0, 0.05) is 6.10 Å². The third kappa shape index (κ3) is 29.2. The lowest BCUT2D eigenvalue weighted by Crippen LogP contribution is -2.05. The third-order valence-corrected chi connectivity index (χ3v) is 1.75. The highest BCUT2D eigenvalue weighted by molar-refractivity contribution is 4.36. The minimum absolute atomic E-state index is 0.167. The molecule has 0 aliphatic carbocycles. The van der Waals surface area contributed by atoms with Crippen molar-refractivity contribution in [1.82, 2.24) is 0 Å². The number of aliphatic hydroxyl groups is 1. The van der Waals surface area contributed by atoms with Crippen LogP contribution in [0.3, 0.4) is 0 Å². The molecule has 16 heavy (non-hydrogen) atoms. The average Bonchev–Trinajstić information content (AvgIpc) is 2.29. The van der Waals surface area contributed by atoms with Gasteiger partial charge in [-0.1, -0.05) is 39.5 Å². The fourth-order valence-electron chi connectivity index (χ4n) is 0.940. The van der Waals surface area contributed by atoms with E-state index >= 15 is 0 Å². The fourth-order valence-corrected chi connectivity index (χ4v) is 0.940. The molecule has 1 aliphatic rings. The zero-order valence-corrected chi connectivity index (χ0v) is 11.5. The number of rotatable bonds is 3. The van der Waals surface area contributed by atoms with E-state index in [1.54, 1.807) is 13.8 Å². The Kier molecular flexibility index (Phi) is 19.7. The summed E-state index contributed by atoms with van der Waals surface area (Å²) < 4.78 is 0. The summed E-state index contributed by atoms with van der Waals surface area (Å²) in [6.45, 7) is 9.46. The first kappa shape index (κ1) is 18.3. The molecule has 0 spiro atoms. The van der Waals surface area contributed by atoms with Crippen molar-refractivity contribution in [2.45, 2.75) is 72.3 Å². The van der Waals surface area contributed by atoms with Crippen LogP contribution in [0.1, 0.15) is 66.2 Å². The lowest BCUT2D eigenvalue weighted by Gasteiger charge is -2.07. The Morgan fingerprint density at radius 3 is 1.38 bits per heavy atom. The van der Waals surface area contributed by atoms with Crippen molar-refractivity contribution in [2.24, 2.45) is 0 Å². The molecule has 1 aliphatic heterocycles. The monoisotopic (exact) mass is 234 g/mol. The second-order valence-electron chi connectivity index (χ2n) is 4.15. The Morgan fingerprint density at radius 2 is 1.25 bits per heavy atom. The number of unbranched alkanes of at least 4 members (excludes halogenated alkanes) is 3.